The molecule has 0 saturated heterocycles. The van der Waals surface area contributed by atoms with Crippen LogP contribution >= 0.6 is 0 Å². The van der Waals surface area contributed by atoms with E-state index in [4.69, 9.17) is 11.5 Å². The van der Waals surface area contributed by atoms with Gasteiger partial charge in [0.2, 0.25) is 5.91 Å². The van der Waals surface area contributed by atoms with Crippen molar-refractivity contribution in [3.63, 3.8) is 0 Å². The van der Waals surface area contributed by atoms with E-state index in [1.165, 1.54) is 6.07 Å². The molecule has 5 N–H and O–H groups in total. The topological polar surface area (TPSA) is 111 Å². The first-order chi connectivity index (χ1) is 7.99. The smallest absolute Gasteiger partial charge is 0.284 e. The lowest BCUT2D eigenvalue weighted by molar-refractivity contribution is -0.112. The number of nitrogens with two attached hydrogens (primary N) is 2. The Balaban J connectivity index is 2.58. The Morgan fingerprint density at radius 2 is 1.94 bits per heavy atom. The predicted octanol–water partition coefficient (Wildman–Crippen LogP) is -0.125. The van der Waals surface area contributed by atoms with Crippen molar-refractivity contribution in [2.24, 2.45) is 16.5 Å². The summed E-state index contributed by atoms with van der Waals surface area (Å²) < 4.78 is 0. The van der Waals surface area contributed by atoms with E-state index in [1.54, 1.807) is 12.1 Å². The van der Waals surface area contributed by atoms with Crippen molar-refractivity contribution in [3.05, 3.63) is 35.9 Å². The van der Waals surface area contributed by atoms with E-state index >= 15 is 0 Å². The highest BCUT2D eigenvalue weighted by Crippen LogP contribution is 2.28. The van der Waals surface area contributed by atoms with Gasteiger partial charge in [-0.15, -0.1) is 0 Å². The van der Waals surface area contributed by atoms with E-state index in [9.17, 15) is 9.59 Å². The first-order valence-corrected chi connectivity index (χ1v) is 4.77. The van der Waals surface area contributed by atoms with Crippen molar-refractivity contribution in [2.75, 3.05) is 0 Å². The maximum atomic E-state index is 11.0. The van der Waals surface area contributed by atoms with E-state index in [0.29, 0.717) is 22.5 Å². The summed E-state index contributed by atoms with van der Waals surface area (Å²) in [5.74, 6) is -1.27. The molecular weight excluding hydrogens is 220 g/mol. The molecule has 17 heavy (non-hydrogen) atoms. The molecule has 6 nitrogen and oxygen atoms in total. The quantitative estimate of drug-likeness (QED) is 0.658. The molecule has 1 aromatic rings. The van der Waals surface area contributed by atoms with Crippen LogP contribution in [0.2, 0.25) is 0 Å². The molecule has 1 aliphatic heterocycles. The monoisotopic (exact) mass is 230 g/mol. The Morgan fingerprint density at radius 1 is 1.24 bits per heavy atom. The minimum atomic E-state index is -0.693. The van der Waals surface area contributed by atoms with Gasteiger partial charge in [-0.05, 0) is 18.2 Å². The number of carbonyl (C=O) groups is 2. The molecular formula is C11H10N4O2. The zero-order valence-corrected chi connectivity index (χ0v) is 8.86. The van der Waals surface area contributed by atoms with Gasteiger partial charge in [-0.1, -0.05) is 6.58 Å². The molecule has 0 spiro atoms. The number of benzene rings is 1. The summed E-state index contributed by atoms with van der Waals surface area (Å²) in [7, 11) is 0. The molecule has 86 valence electrons. The third-order valence-corrected chi connectivity index (χ3v) is 2.34. The number of aliphatic imine (C=N–C) groups is 1. The van der Waals surface area contributed by atoms with Crippen LogP contribution in [0.4, 0.5) is 5.69 Å². The van der Waals surface area contributed by atoms with Gasteiger partial charge in [0.25, 0.3) is 5.91 Å². The van der Waals surface area contributed by atoms with E-state index in [0.717, 1.165) is 0 Å². The largest absolute Gasteiger partial charge is 0.366 e. The zero-order chi connectivity index (χ0) is 12.6. The van der Waals surface area contributed by atoms with E-state index in [1.807, 2.05) is 0 Å². The maximum absolute atomic E-state index is 11.0. The second-order valence-electron chi connectivity index (χ2n) is 3.52. The zero-order valence-electron chi connectivity index (χ0n) is 8.86. The number of nitrogens with zero attached hydrogens (tertiary/aromatic N) is 1. The second-order valence-corrected chi connectivity index (χ2v) is 3.52. The fourth-order valence-corrected chi connectivity index (χ4v) is 1.51. The van der Waals surface area contributed by atoms with Gasteiger partial charge >= 0.3 is 0 Å². The Morgan fingerprint density at radius 3 is 2.53 bits per heavy atom. The second kappa shape index (κ2) is 3.75. The van der Waals surface area contributed by atoms with Crippen LogP contribution in [0.15, 0.2) is 29.8 Å². The van der Waals surface area contributed by atoms with Crippen LogP contribution in [0.1, 0.15) is 15.9 Å². The number of amides is 2. The summed E-state index contributed by atoms with van der Waals surface area (Å²) in [5.41, 5.74) is 12.2. The molecule has 2 amide bonds. The lowest BCUT2D eigenvalue weighted by Gasteiger charge is -2.18. The van der Waals surface area contributed by atoms with Crippen molar-refractivity contribution >= 4 is 29.0 Å². The molecule has 0 fully saturated rings. The fourth-order valence-electron chi connectivity index (χ4n) is 1.51. The molecule has 0 bridgehead atoms. The van der Waals surface area contributed by atoms with Crippen LogP contribution in [0.3, 0.4) is 0 Å². The molecule has 0 radical (unpaired) electrons. The van der Waals surface area contributed by atoms with Crippen LogP contribution in [0.25, 0.3) is 5.70 Å². The SMILES string of the molecule is C=C1NC(C(N)=O)=Nc2cc(C(N)=O)ccc21. The summed E-state index contributed by atoms with van der Waals surface area (Å²) >= 11 is 0. The Kier molecular flexibility index (Phi) is 2.40. The highest BCUT2D eigenvalue weighted by atomic mass is 16.1. The van der Waals surface area contributed by atoms with E-state index in [-0.39, 0.29) is 5.84 Å². The molecule has 0 saturated carbocycles. The third-order valence-electron chi connectivity index (χ3n) is 2.34. The first kappa shape index (κ1) is 10.9. The van der Waals surface area contributed by atoms with Gasteiger partial charge < -0.3 is 16.8 Å². The van der Waals surface area contributed by atoms with Crippen LogP contribution in [0, 0.1) is 0 Å². The first-order valence-electron chi connectivity index (χ1n) is 4.77. The van der Waals surface area contributed by atoms with Crippen molar-refractivity contribution in [2.45, 2.75) is 0 Å². The number of rotatable bonds is 2. The number of hydrogen-bond acceptors (Lipinski definition) is 4. The molecule has 2 rings (SSSR count). The van der Waals surface area contributed by atoms with Gasteiger partial charge in [0.05, 0.1) is 5.69 Å². The maximum Gasteiger partial charge on any atom is 0.284 e. The fraction of sp³-hybridized carbons (Fsp3) is 0. The minimum absolute atomic E-state index is 0.0101. The Bertz CT molecular complexity index is 575. The van der Waals surface area contributed by atoms with Crippen molar-refractivity contribution < 1.29 is 9.59 Å². The summed E-state index contributed by atoms with van der Waals surface area (Å²) in [6.45, 7) is 3.75. The van der Waals surface area contributed by atoms with Gasteiger partial charge in [-0.25, -0.2) is 4.99 Å². The third kappa shape index (κ3) is 1.87. The highest BCUT2D eigenvalue weighted by molar-refractivity contribution is 6.39. The summed E-state index contributed by atoms with van der Waals surface area (Å²) in [4.78, 5) is 26.1. The number of primary amides is 2. The van der Waals surface area contributed by atoms with Gasteiger partial charge in [-0.2, -0.15) is 0 Å². The van der Waals surface area contributed by atoms with Gasteiger partial charge in [0.1, 0.15) is 0 Å². The molecule has 6 heteroatoms. The van der Waals surface area contributed by atoms with Crippen molar-refractivity contribution in [3.8, 4) is 0 Å². The molecule has 0 aliphatic carbocycles. The van der Waals surface area contributed by atoms with Gasteiger partial charge in [-0.3, -0.25) is 9.59 Å². The van der Waals surface area contributed by atoms with Crippen LogP contribution < -0.4 is 16.8 Å². The molecule has 1 heterocycles. The average molecular weight is 230 g/mol. The molecule has 0 atom stereocenters. The van der Waals surface area contributed by atoms with E-state index in [2.05, 4.69) is 16.9 Å². The lowest BCUT2D eigenvalue weighted by Crippen LogP contribution is -2.36. The number of amidine groups is 1. The van der Waals surface area contributed by atoms with Crippen molar-refractivity contribution in [1.82, 2.24) is 5.32 Å². The Hall–Kier alpha value is -2.63. The van der Waals surface area contributed by atoms with Crippen molar-refractivity contribution in [1.29, 1.82) is 0 Å². The normalized spacial score (nSPS) is 13.4. The highest BCUT2D eigenvalue weighted by Gasteiger charge is 2.18. The summed E-state index contributed by atoms with van der Waals surface area (Å²) in [5, 5.41) is 2.69. The number of nitrogens with one attached hydrogen (secondary N) is 1. The number of hydrogen-bond donors (Lipinski definition) is 3. The van der Waals surface area contributed by atoms with Gasteiger partial charge in [0.15, 0.2) is 5.84 Å². The average Bonchev–Trinajstić information content (AvgIpc) is 2.27. The molecule has 0 unspecified atom stereocenters. The van der Waals surface area contributed by atoms with E-state index < -0.39 is 11.8 Å². The number of fused-ring (bicyclic) bond motifs is 1. The predicted molar refractivity (Wildman–Crippen MR) is 63.4 cm³/mol. The standard InChI is InChI=1S/C11H10N4O2/c1-5-7-3-2-6(9(12)16)4-8(7)15-11(14-5)10(13)17/h2-4H,1H2,(H2,12,16)(H2,13,17)(H,14,15). The minimum Gasteiger partial charge on any atom is -0.366 e. The van der Waals surface area contributed by atoms with Gasteiger partial charge in [0, 0.05) is 16.8 Å². The summed E-state index contributed by atoms with van der Waals surface area (Å²) in [6, 6.07) is 4.72. The molecule has 1 aliphatic rings. The number of carbonyl (C=O) groups excluding carboxylic acids is 2. The summed E-state index contributed by atoms with van der Waals surface area (Å²) in [6.07, 6.45) is 0. The van der Waals surface area contributed by atoms with Crippen LogP contribution in [-0.4, -0.2) is 17.6 Å². The molecule has 0 aromatic heterocycles. The van der Waals surface area contributed by atoms with Crippen LogP contribution in [-0.2, 0) is 4.79 Å². The lowest BCUT2D eigenvalue weighted by atomic mass is 10.0. The van der Waals surface area contributed by atoms with Crippen LogP contribution in [0.5, 0.6) is 0 Å². The Labute approximate surface area is 97.0 Å². The molecule has 1 aromatic carbocycles.